The van der Waals surface area contributed by atoms with Gasteiger partial charge in [0, 0.05) is 27.5 Å². The molecule has 0 saturated heterocycles. The van der Waals surface area contributed by atoms with Gasteiger partial charge in [-0.05, 0) is 34.1 Å². The molecule has 0 aliphatic carbocycles. The summed E-state index contributed by atoms with van der Waals surface area (Å²) < 4.78 is 7.58. The Bertz CT molecular complexity index is 496. The maximum atomic E-state index is 5.59. The molecule has 5 heteroatoms. The van der Waals surface area contributed by atoms with Crippen molar-refractivity contribution in [3.8, 4) is 11.3 Å². The molecule has 2 aromatic rings. The van der Waals surface area contributed by atoms with Crippen molar-refractivity contribution in [1.29, 1.82) is 0 Å². The highest BCUT2D eigenvalue weighted by atomic mass is 79.9. The number of hydrogen-bond donors (Lipinski definition) is 1. The van der Waals surface area contributed by atoms with Gasteiger partial charge in [0.25, 0.3) is 0 Å². The second-order valence-corrected chi connectivity index (χ2v) is 5.05. The first kappa shape index (κ1) is 11.8. The average Bonchev–Trinajstić information content (AvgIpc) is 2.67. The van der Waals surface area contributed by atoms with Crippen molar-refractivity contribution in [3.05, 3.63) is 39.2 Å². The predicted octanol–water partition coefficient (Wildman–Crippen LogP) is 3.37. The molecule has 0 aliphatic rings. The summed E-state index contributed by atoms with van der Waals surface area (Å²) in [5.41, 5.74) is 6.43. The number of oxazole rings is 1. The zero-order valence-electron chi connectivity index (χ0n) is 8.41. The SMILES string of the molecule is NCCc1ncc(-c2ccc(Br)cc2Br)o1. The minimum Gasteiger partial charge on any atom is -0.441 e. The fourth-order valence-corrected chi connectivity index (χ4v) is 2.61. The van der Waals surface area contributed by atoms with Gasteiger partial charge in [-0.1, -0.05) is 15.9 Å². The van der Waals surface area contributed by atoms with E-state index in [-0.39, 0.29) is 0 Å². The van der Waals surface area contributed by atoms with E-state index in [1.807, 2.05) is 18.2 Å². The van der Waals surface area contributed by atoms with Gasteiger partial charge in [-0.25, -0.2) is 4.98 Å². The molecule has 84 valence electrons. The van der Waals surface area contributed by atoms with Crippen LogP contribution in [-0.4, -0.2) is 11.5 Å². The molecule has 0 aliphatic heterocycles. The van der Waals surface area contributed by atoms with Gasteiger partial charge in [0.2, 0.25) is 0 Å². The summed E-state index contributed by atoms with van der Waals surface area (Å²) in [6.07, 6.45) is 2.38. The van der Waals surface area contributed by atoms with Crippen LogP contribution in [0.3, 0.4) is 0 Å². The topological polar surface area (TPSA) is 52.0 Å². The van der Waals surface area contributed by atoms with Crippen LogP contribution in [0.25, 0.3) is 11.3 Å². The Balaban J connectivity index is 2.35. The van der Waals surface area contributed by atoms with E-state index in [1.165, 1.54) is 0 Å². The second-order valence-electron chi connectivity index (χ2n) is 3.28. The van der Waals surface area contributed by atoms with Crippen molar-refractivity contribution in [2.45, 2.75) is 6.42 Å². The molecule has 1 aromatic heterocycles. The lowest BCUT2D eigenvalue weighted by Gasteiger charge is -2.00. The smallest absolute Gasteiger partial charge is 0.196 e. The molecule has 2 N–H and O–H groups in total. The molecule has 1 aromatic carbocycles. The van der Waals surface area contributed by atoms with Crippen molar-refractivity contribution in [2.24, 2.45) is 5.73 Å². The summed E-state index contributed by atoms with van der Waals surface area (Å²) in [5, 5.41) is 0. The van der Waals surface area contributed by atoms with Crippen molar-refractivity contribution >= 4 is 31.9 Å². The summed E-state index contributed by atoms with van der Waals surface area (Å²) in [5.74, 6) is 1.43. The molecule has 0 amide bonds. The van der Waals surface area contributed by atoms with E-state index >= 15 is 0 Å². The van der Waals surface area contributed by atoms with E-state index < -0.39 is 0 Å². The minimum absolute atomic E-state index is 0.543. The lowest BCUT2D eigenvalue weighted by molar-refractivity contribution is 0.508. The van der Waals surface area contributed by atoms with Gasteiger partial charge < -0.3 is 10.2 Å². The monoisotopic (exact) mass is 344 g/mol. The highest BCUT2D eigenvalue weighted by molar-refractivity contribution is 9.11. The third-order valence-electron chi connectivity index (χ3n) is 2.11. The van der Waals surface area contributed by atoms with E-state index in [4.69, 9.17) is 10.2 Å². The number of halogens is 2. The maximum Gasteiger partial charge on any atom is 0.196 e. The van der Waals surface area contributed by atoms with Gasteiger partial charge in [0.1, 0.15) is 0 Å². The van der Waals surface area contributed by atoms with E-state index in [0.29, 0.717) is 18.9 Å². The van der Waals surface area contributed by atoms with Crippen molar-refractivity contribution in [2.75, 3.05) is 6.54 Å². The quantitative estimate of drug-likeness (QED) is 0.927. The summed E-state index contributed by atoms with van der Waals surface area (Å²) in [7, 11) is 0. The van der Waals surface area contributed by atoms with Gasteiger partial charge in [-0.3, -0.25) is 0 Å². The molecule has 0 spiro atoms. The zero-order chi connectivity index (χ0) is 11.5. The van der Waals surface area contributed by atoms with Gasteiger partial charge in [-0.2, -0.15) is 0 Å². The second kappa shape index (κ2) is 5.12. The van der Waals surface area contributed by atoms with E-state index in [1.54, 1.807) is 6.20 Å². The largest absolute Gasteiger partial charge is 0.441 e. The van der Waals surface area contributed by atoms with Gasteiger partial charge >= 0.3 is 0 Å². The van der Waals surface area contributed by atoms with Crippen molar-refractivity contribution in [1.82, 2.24) is 4.98 Å². The Morgan fingerprint density at radius 1 is 1.31 bits per heavy atom. The Labute approximate surface area is 110 Å². The fraction of sp³-hybridized carbons (Fsp3) is 0.182. The molecule has 0 unspecified atom stereocenters. The number of nitrogens with two attached hydrogens (primary N) is 1. The molecule has 1 heterocycles. The number of aromatic nitrogens is 1. The average molecular weight is 346 g/mol. The third-order valence-corrected chi connectivity index (χ3v) is 3.26. The first-order chi connectivity index (χ1) is 7.70. The Kier molecular flexibility index (Phi) is 3.78. The minimum atomic E-state index is 0.543. The van der Waals surface area contributed by atoms with Gasteiger partial charge in [-0.15, -0.1) is 0 Å². The molecule has 0 bridgehead atoms. The van der Waals surface area contributed by atoms with Gasteiger partial charge in [0.05, 0.1) is 6.20 Å². The van der Waals surface area contributed by atoms with E-state index in [0.717, 1.165) is 20.3 Å². The highest BCUT2D eigenvalue weighted by Gasteiger charge is 2.09. The van der Waals surface area contributed by atoms with Crippen LogP contribution in [0.2, 0.25) is 0 Å². The van der Waals surface area contributed by atoms with Crippen molar-refractivity contribution in [3.63, 3.8) is 0 Å². The predicted molar refractivity (Wildman–Crippen MR) is 70.1 cm³/mol. The summed E-state index contributed by atoms with van der Waals surface area (Å²) in [4.78, 5) is 4.17. The van der Waals surface area contributed by atoms with Crippen LogP contribution in [0.5, 0.6) is 0 Å². The Morgan fingerprint density at radius 3 is 2.81 bits per heavy atom. The molecule has 0 atom stereocenters. The number of hydrogen-bond acceptors (Lipinski definition) is 3. The van der Waals surface area contributed by atoms with E-state index in [2.05, 4.69) is 36.8 Å². The van der Waals surface area contributed by atoms with Crippen LogP contribution < -0.4 is 5.73 Å². The van der Waals surface area contributed by atoms with E-state index in [9.17, 15) is 0 Å². The lowest BCUT2D eigenvalue weighted by Crippen LogP contribution is -2.02. The normalized spacial score (nSPS) is 10.7. The maximum absolute atomic E-state index is 5.59. The summed E-state index contributed by atoms with van der Waals surface area (Å²) >= 11 is 6.90. The molecular weight excluding hydrogens is 336 g/mol. The standard InChI is InChI=1S/C11H10Br2N2O/c12-7-1-2-8(9(13)5-7)10-6-15-11(16-10)3-4-14/h1-2,5-6H,3-4,14H2. The lowest BCUT2D eigenvalue weighted by atomic mass is 10.2. The molecule has 16 heavy (non-hydrogen) atoms. The summed E-state index contributed by atoms with van der Waals surface area (Å²) in [6.45, 7) is 0.543. The zero-order valence-corrected chi connectivity index (χ0v) is 11.6. The van der Waals surface area contributed by atoms with Crippen LogP contribution in [0.15, 0.2) is 37.8 Å². The molecule has 3 nitrogen and oxygen atoms in total. The molecule has 0 saturated carbocycles. The number of rotatable bonds is 3. The molecule has 0 fully saturated rings. The van der Waals surface area contributed by atoms with Crippen LogP contribution in [-0.2, 0) is 6.42 Å². The summed E-state index contributed by atoms with van der Waals surface area (Å²) in [6, 6.07) is 5.91. The first-order valence-electron chi connectivity index (χ1n) is 4.81. The molecule has 0 radical (unpaired) electrons. The third kappa shape index (κ3) is 2.53. The Morgan fingerprint density at radius 2 is 2.12 bits per heavy atom. The molecular formula is C11H10Br2N2O. The number of benzene rings is 1. The van der Waals surface area contributed by atoms with Crippen LogP contribution >= 0.6 is 31.9 Å². The highest BCUT2D eigenvalue weighted by Crippen LogP contribution is 2.31. The molecule has 2 rings (SSSR count). The first-order valence-corrected chi connectivity index (χ1v) is 6.39. The fourth-order valence-electron chi connectivity index (χ4n) is 1.36. The number of nitrogens with zero attached hydrogens (tertiary/aromatic N) is 1. The van der Waals surface area contributed by atoms with Gasteiger partial charge in [0.15, 0.2) is 11.7 Å². The van der Waals surface area contributed by atoms with Crippen LogP contribution in [0, 0.1) is 0 Å². The van der Waals surface area contributed by atoms with Crippen molar-refractivity contribution < 1.29 is 4.42 Å². The Hall–Kier alpha value is -0.650. The van der Waals surface area contributed by atoms with Crippen LogP contribution in [0.1, 0.15) is 5.89 Å². The van der Waals surface area contributed by atoms with Crippen LogP contribution in [0.4, 0.5) is 0 Å².